The summed E-state index contributed by atoms with van der Waals surface area (Å²) < 4.78 is 1.35. The zero-order chi connectivity index (χ0) is 12.4. The molecule has 1 heterocycles. The molecular formula is C11H8ClN3O2. The fourth-order valence-electron chi connectivity index (χ4n) is 1.44. The van der Waals surface area contributed by atoms with E-state index in [9.17, 15) is 9.59 Å². The molecule has 0 fully saturated rings. The summed E-state index contributed by atoms with van der Waals surface area (Å²) in [6, 6.07) is 4.91. The van der Waals surface area contributed by atoms with Gasteiger partial charge in [-0.05, 0) is 12.1 Å². The van der Waals surface area contributed by atoms with Crippen LogP contribution in [0.4, 0.5) is 0 Å². The Labute approximate surface area is 102 Å². The van der Waals surface area contributed by atoms with Gasteiger partial charge in [0.25, 0.3) is 5.91 Å². The molecule has 0 saturated heterocycles. The number of halogens is 1. The van der Waals surface area contributed by atoms with Crippen LogP contribution < -0.4 is 5.73 Å². The summed E-state index contributed by atoms with van der Waals surface area (Å²) in [4.78, 5) is 21.9. The van der Waals surface area contributed by atoms with E-state index >= 15 is 0 Å². The Morgan fingerprint density at radius 2 is 2.24 bits per heavy atom. The third kappa shape index (κ3) is 2.05. The minimum atomic E-state index is -0.587. The molecule has 2 N–H and O–H groups in total. The van der Waals surface area contributed by atoms with Gasteiger partial charge >= 0.3 is 0 Å². The number of hydrogen-bond acceptors (Lipinski definition) is 3. The molecular weight excluding hydrogens is 242 g/mol. The molecule has 86 valence electrons. The molecule has 0 bridgehead atoms. The summed E-state index contributed by atoms with van der Waals surface area (Å²) in [5, 5.41) is 4.32. The smallest absolute Gasteiger partial charge is 0.251 e. The molecule has 0 aliphatic heterocycles. The molecule has 0 spiro atoms. The number of carbonyl (C=O) groups is 2. The lowest BCUT2D eigenvalue weighted by Crippen LogP contribution is -2.09. The van der Waals surface area contributed by atoms with E-state index in [0.717, 1.165) is 0 Å². The molecule has 1 amide bonds. The SMILES string of the molecule is NC(=O)c1cnn(-c2c(Cl)cccc2C=O)c1. The maximum Gasteiger partial charge on any atom is 0.251 e. The number of amides is 1. The Balaban J connectivity index is 2.59. The van der Waals surface area contributed by atoms with Gasteiger partial charge in [-0.25, -0.2) is 4.68 Å². The van der Waals surface area contributed by atoms with Gasteiger partial charge in [0.05, 0.1) is 22.5 Å². The van der Waals surface area contributed by atoms with Crippen molar-refractivity contribution in [2.45, 2.75) is 0 Å². The van der Waals surface area contributed by atoms with Crippen molar-refractivity contribution in [3.8, 4) is 5.69 Å². The predicted octanol–water partition coefficient (Wildman–Crippen LogP) is 1.44. The number of aromatic nitrogens is 2. The lowest BCUT2D eigenvalue weighted by Gasteiger charge is -2.06. The summed E-state index contributed by atoms with van der Waals surface area (Å²) in [5.74, 6) is -0.587. The Morgan fingerprint density at radius 3 is 2.82 bits per heavy atom. The molecule has 1 aromatic heterocycles. The van der Waals surface area contributed by atoms with Gasteiger partial charge in [0.15, 0.2) is 6.29 Å². The van der Waals surface area contributed by atoms with Crippen LogP contribution in [0.5, 0.6) is 0 Å². The quantitative estimate of drug-likeness (QED) is 0.836. The Morgan fingerprint density at radius 1 is 1.47 bits per heavy atom. The van der Waals surface area contributed by atoms with Crippen LogP contribution in [0.1, 0.15) is 20.7 Å². The highest BCUT2D eigenvalue weighted by Gasteiger charge is 2.11. The molecule has 1 aromatic carbocycles. The van der Waals surface area contributed by atoms with Gasteiger partial charge in [-0.15, -0.1) is 0 Å². The van der Waals surface area contributed by atoms with Crippen LogP contribution in [-0.2, 0) is 0 Å². The summed E-state index contributed by atoms with van der Waals surface area (Å²) in [7, 11) is 0. The van der Waals surface area contributed by atoms with E-state index in [1.807, 2.05) is 0 Å². The largest absolute Gasteiger partial charge is 0.366 e. The van der Waals surface area contributed by atoms with E-state index in [2.05, 4.69) is 5.10 Å². The molecule has 0 radical (unpaired) electrons. The van der Waals surface area contributed by atoms with E-state index in [-0.39, 0.29) is 5.56 Å². The average Bonchev–Trinajstić information content (AvgIpc) is 2.77. The van der Waals surface area contributed by atoms with Gasteiger partial charge < -0.3 is 5.73 Å². The molecule has 6 heteroatoms. The normalized spacial score (nSPS) is 10.2. The number of nitrogens with zero attached hydrogens (tertiary/aromatic N) is 2. The maximum atomic E-state index is 11.0. The third-order valence-electron chi connectivity index (χ3n) is 2.24. The summed E-state index contributed by atoms with van der Waals surface area (Å²) >= 11 is 6.00. The predicted molar refractivity (Wildman–Crippen MR) is 62.5 cm³/mol. The van der Waals surface area contributed by atoms with Crippen LogP contribution in [0, 0.1) is 0 Å². The molecule has 0 aliphatic carbocycles. The first-order valence-electron chi connectivity index (χ1n) is 4.72. The van der Waals surface area contributed by atoms with Crippen molar-refractivity contribution >= 4 is 23.8 Å². The summed E-state index contributed by atoms with van der Waals surface area (Å²) in [6.45, 7) is 0. The second-order valence-electron chi connectivity index (χ2n) is 3.33. The topological polar surface area (TPSA) is 78.0 Å². The van der Waals surface area contributed by atoms with Crippen molar-refractivity contribution in [2.24, 2.45) is 5.73 Å². The second-order valence-corrected chi connectivity index (χ2v) is 3.74. The van der Waals surface area contributed by atoms with Gasteiger partial charge in [-0.1, -0.05) is 17.7 Å². The van der Waals surface area contributed by atoms with E-state index < -0.39 is 5.91 Å². The molecule has 0 saturated carbocycles. The van der Waals surface area contributed by atoms with Crippen molar-refractivity contribution in [2.75, 3.05) is 0 Å². The van der Waals surface area contributed by atoms with E-state index in [4.69, 9.17) is 17.3 Å². The van der Waals surface area contributed by atoms with Crippen LogP contribution in [0.25, 0.3) is 5.69 Å². The first-order valence-corrected chi connectivity index (χ1v) is 5.10. The molecule has 17 heavy (non-hydrogen) atoms. The zero-order valence-electron chi connectivity index (χ0n) is 8.63. The standard InChI is InChI=1S/C11H8ClN3O2/c12-9-3-1-2-7(6-16)10(9)15-5-8(4-14-15)11(13)17/h1-6H,(H2,13,17). The van der Waals surface area contributed by atoms with Gasteiger partial charge in [-0.3, -0.25) is 9.59 Å². The van der Waals surface area contributed by atoms with Gasteiger partial charge in [0.2, 0.25) is 0 Å². The van der Waals surface area contributed by atoms with Gasteiger partial charge in [-0.2, -0.15) is 5.10 Å². The highest BCUT2D eigenvalue weighted by atomic mass is 35.5. The zero-order valence-corrected chi connectivity index (χ0v) is 9.39. The number of para-hydroxylation sites is 1. The fourth-order valence-corrected chi connectivity index (χ4v) is 1.71. The van der Waals surface area contributed by atoms with Gasteiger partial charge in [0, 0.05) is 11.8 Å². The maximum absolute atomic E-state index is 11.0. The van der Waals surface area contributed by atoms with E-state index in [0.29, 0.717) is 22.6 Å². The molecule has 0 unspecified atom stereocenters. The minimum absolute atomic E-state index is 0.252. The average molecular weight is 250 g/mol. The Bertz CT molecular complexity index is 592. The highest BCUT2D eigenvalue weighted by molar-refractivity contribution is 6.32. The molecule has 5 nitrogen and oxygen atoms in total. The van der Waals surface area contributed by atoms with E-state index in [1.165, 1.54) is 17.1 Å². The number of primary amides is 1. The van der Waals surface area contributed by atoms with Crippen molar-refractivity contribution in [3.63, 3.8) is 0 Å². The first-order chi connectivity index (χ1) is 8.13. The monoisotopic (exact) mass is 249 g/mol. The molecule has 2 aromatic rings. The number of carbonyl (C=O) groups excluding carboxylic acids is 2. The lowest BCUT2D eigenvalue weighted by molar-refractivity contribution is 0.1000. The summed E-state index contributed by atoms with van der Waals surface area (Å²) in [6.07, 6.45) is 3.42. The summed E-state index contributed by atoms with van der Waals surface area (Å²) in [5.41, 5.74) is 6.18. The Hall–Kier alpha value is -2.14. The first kappa shape index (κ1) is 11.3. The Kier molecular flexibility index (Phi) is 2.93. The third-order valence-corrected chi connectivity index (χ3v) is 2.55. The second kappa shape index (κ2) is 4.39. The van der Waals surface area contributed by atoms with Crippen LogP contribution in [0.15, 0.2) is 30.6 Å². The highest BCUT2D eigenvalue weighted by Crippen LogP contribution is 2.23. The number of rotatable bonds is 3. The number of nitrogens with two attached hydrogens (primary N) is 1. The lowest BCUT2D eigenvalue weighted by atomic mass is 10.2. The molecule has 0 atom stereocenters. The van der Waals surface area contributed by atoms with Gasteiger partial charge in [0.1, 0.15) is 0 Å². The van der Waals surface area contributed by atoms with Crippen LogP contribution in [0.3, 0.4) is 0 Å². The van der Waals surface area contributed by atoms with Crippen molar-refractivity contribution < 1.29 is 9.59 Å². The fraction of sp³-hybridized carbons (Fsp3) is 0. The van der Waals surface area contributed by atoms with Crippen molar-refractivity contribution in [1.29, 1.82) is 0 Å². The van der Waals surface area contributed by atoms with Crippen LogP contribution in [0.2, 0.25) is 5.02 Å². The van der Waals surface area contributed by atoms with Crippen LogP contribution >= 0.6 is 11.6 Å². The van der Waals surface area contributed by atoms with Crippen molar-refractivity contribution in [1.82, 2.24) is 9.78 Å². The molecule has 0 aliphatic rings. The number of benzene rings is 1. The minimum Gasteiger partial charge on any atom is -0.366 e. The van der Waals surface area contributed by atoms with Crippen LogP contribution in [-0.4, -0.2) is 22.0 Å². The molecule has 2 rings (SSSR count). The number of hydrogen-bond donors (Lipinski definition) is 1. The number of aldehydes is 1. The van der Waals surface area contributed by atoms with E-state index in [1.54, 1.807) is 18.2 Å². The van der Waals surface area contributed by atoms with Crippen molar-refractivity contribution in [3.05, 3.63) is 46.7 Å².